The standard InChI is InChI=1S/C13H19ClN2O2/c1-8(2)7-16-12(13(15)17)9-4-5-11(18-3)10(14)6-9/h4-6,8,12,16H,7H2,1-3H3,(H2,15,17). The van der Waals surface area contributed by atoms with E-state index < -0.39 is 11.9 Å². The number of amides is 1. The fraction of sp³-hybridized carbons (Fsp3) is 0.462. The highest BCUT2D eigenvalue weighted by molar-refractivity contribution is 6.32. The third kappa shape index (κ3) is 3.89. The number of primary amides is 1. The molecule has 3 N–H and O–H groups in total. The minimum absolute atomic E-state index is 0.420. The molecule has 0 aliphatic rings. The van der Waals surface area contributed by atoms with E-state index in [4.69, 9.17) is 22.1 Å². The van der Waals surface area contributed by atoms with Crippen molar-refractivity contribution in [3.05, 3.63) is 28.8 Å². The molecule has 0 radical (unpaired) electrons. The van der Waals surface area contributed by atoms with Crippen LogP contribution in [0.2, 0.25) is 5.02 Å². The normalized spacial score (nSPS) is 12.5. The number of rotatable bonds is 6. The van der Waals surface area contributed by atoms with Crippen molar-refractivity contribution in [2.75, 3.05) is 13.7 Å². The van der Waals surface area contributed by atoms with Crippen molar-refractivity contribution in [1.29, 1.82) is 0 Å². The summed E-state index contributed by atoms with van der Waals surface area (Å²) in [5, 5.41) is 3.59. The van der Waals surface area contributed by atoms with Crippen molar-refractivity contribution >= 4 is 17.5 Å². The van der Waals surface area contributed by atoms with Crippen LogP contribution < -0.4 is 15.8 Å². The molecule has 1 rings (SSSR count). The van der Waals surface area contributed by atoms with Gasteiger partial charge >= 0.3 is 0 Å². The summed E-state index contributed by atoms with van der Waals surface area (Å²) >= 11 is 6.04. The molecular weight excluding hydrogens is 252 g/mol. The van der Waals surface area contributed by atoms with E-state index in [1.807, 2.05) is 0 Å². The largest absolute Gasteiger partial charge is 0.495 e. The molecule has 1 unspecified atom stereocenters. The predicted molar refractivity (Wildman–Crippen MR) is 72.8 cm³/mol. The molecule has 0 aliphatic heterocycles. The van der Waals surface area contributed by atoms with Crippen LogP contribution in [-0.4, -0.2) is 19.6 Å². The summed E-state index contributed by atoms with van der Waals surface area (Å²) in [6.07, 6.45) is 0. The second-order valence-electron chi connectivity index (χ2n) is 4.53. The second-order valence-corrected chi connectivity index (χ2v) is 4.94. The van der Waals surface area contributed by atoms with E-state index in [2.05, 4.69) is 19.2 Å². The van der Waals surface area contributed by atoms with E-state index in [1.54, 1.807) is 25.3 Å². The lowest BCUT2D eigenvalue weighted by Crippen LogP contribution is -2.35. The Labute approximate surface area is 112 Å². The van der Waals surface area contributed by atoms with Crippen LogP contribution in [0.4, 0.5) is 0 Å². The van der Waals surface area contributed by atoms with Crippen molar-refractivity contribution in [3.8, 4) is 5.75 Å². The van der Waals surface area contributed by atoms with Crippen LogP contribution in [-0.2, 0) is 4.79 Å². The number of nitrogens with one attached hydrogen (secondary N) is 1. The van der Waals surface area contributed by atoms with Crippen molar-refractivity contribution in [2.45, 2.75) is 19.9 Å². The lowest BCUT2D eigenvalue weighted by molar-refractivity contribution is -0.120. The summed E-state index contributed by atoms with van der Waals surface area (Å²) in [6, 6.07) is 4.68. The van der Waals surface area contributed by atoms with E-state index in [-0.39, 0.29) is 0 Å². The number of hydrogen-bond acceptors (Lipinski definition) is 3. The van der Waals surface area contributed by atoms with Gasteiger partial charge in [0, 0.05) is 0 Å². The van der Waals surface area contributed by atoms with Crippen LogP contribution in [0, 0.1) is 5.92 Å². The molecule has 0 aromatic heterocycles. The van der Waals surface area contributed by atoms with E-state index in [9.17, 15) is 4.79 Å². The summed E-state index contributed by atoms with van der Waals surface area (Å²) < 4.78 is 5.07. The summed E-state index contributed by atoms with van der Waals surface area (Å²) in [5.74, 6) is 0.588. The molecule has 0 saturated heterocycles. The molecule has 0 bridgehead atoms. The molecule has 5 heteroatoms. The zero-order chi connectivity index (χ0) is 13.7. The molecule has 0 aliphatic carbocycles. The maximum absolute atomic E-state index is 11.5. The second kappa shape index (κ2) is 6.61. The quantitative estimate of drug-likeness (QED) is 0.832. The Bertz CT molecular complexity index is 421. The summed E-state index contributed by atoms with van der Waals surface area (Å²) in [6.45, 7) is 4.83. The van der Waals surface area contributed by atoms with Crippen molar-refractivity contribution in [3.63, 3.8) is 0 Å². The highest BCUT2D eigenvalue weighted by Gasteiger charge is 2.18. The summed E-state index contributed by atoms with van der Waals surface area (Å²) in [7, 11) is 1.55. The smallest absolute Gasteiger partial charge is 0.239 e. The Hall–Kier alpha value is -1.26. The van der Waals surface area contributed by atoms with Gasteiger partial charge in [-0.3, -0.25) is 4.79 Å². The molecule has 1 aromatic rings. The number of carbonyl (C=O) groups excluding carboxylic acids is 1. The molecule has 1 amide bonds. The van der Waals surface area contributed by atoms with Crippen molar-refractivity contribution < 1.29 is 9.53 Å². The Morgan fingerprint density at radius 1 is 1.50 bits per heavy atom. The fourth-order valence-corrected chi connectivity index (χ4v) is 1.86. The Morgan fingerprint density at radius 3 is 2.61 bits per heavy atom. The monoisotopic (exact) mass is 270 g/mol. The molecule has 0 saturated carbocycles. The van der Waals surface area contributed by atoms with Gasteiger partial charge < -0.3 is 15.8 Å². The number of ether oxygens (including phenoxy) is 1. The third-order valence-corrected chi connectivity index (χ3v) is 2.82. The number of methoxy groups -OCH3 is 1. The molecule has 4 nitrogen and oxygen atoms in total. The fourth-order valence-electron chi connectivity index (χ4n) is 1.60. The van der Waals surface area contributed by atoms with Crippen molar-refractivity contribution in [2.24, 2.45) is 11.7 Å². The number of halogens is 1. The Morgan fingerprint density at radius 2 is 2.17 bits per heavy atom. The minimum Gasteiger partial charge on any atom is -0.495 e. The maximum atomic E-state index is 11.5. The average Bonchev–Trinajstić information content (AvgIpc) is 2.28. The summed E-state index contributed by atoms with van der Waals surface area (Å²) in [4.78, 5) is 11.5. The van der Waals surface area contributed by atoms with Crippen LogP contribution in [0.3, 0.4) is 0 Å². The number of carbonyl (C=O) groups is 1. The van der Waals surface area contributed by atoms with Gasteiger partial charge in [-0.05, 0) is 30.2 Å². The molecule has 18 heavy (non-hydrogen) atoms. The molecule has 0 fully saturated rings. The van der Waals surface area contributed by atoms with Crippen molar-refractivity contribution in [1.82, 2.24) is 5.32 Å². The van der Waals surface area contributed by atoms with Gasteiger partial charge in [-0.1, -0.05) is 31.5 Å². The molecular formula is C13H19ClN2O2. The first kappa shape index (κ1) is 14.8. The highest BCUT2D eigenvalue weighted by Crippen LogP contribution is 2.27. The van der Waals surface area contributed by atoms with Crippen LogP contribution in [0.15, 0.2) is 18.2 Å². The van der Waals surface area contributed by atoms with Crippen LogP contribution in [0.1, 0.15) is 25.5 Å². The Balaban J connectivity index is 2.92. The van der Waals surface area contributed by atoms with Gasteiger partial charge in [-0.2, -0.15) is 0 Å². The van der Waals surface area contributed by atoms with Gasteiger partial charge in [0.2, 0.25) is 5.91 Å². The minimum atomic E-state index is -0.532. The van der Waals surface area contributed by atoms with E-state index in [1.165, 1.54) is 0 Å². The maximum Gasteiger partial charge on any atom is 0.239 e. The third-order valence-electron chi connectivity index (χ3n) is 2.52. The first-order valence-corrected chi connectivity index (χ1v) is 6.19. The SMILES string of the molecule is COc1ccc(C(NCC(C)C)C(N)=O)cc1Cl. The summed E-state index contributed by atoms with van der Waals surface area (Å²) in [5.41, 5.74) is 6.14. The van der Waals surface area contributed by atoms with Gasteiger partial charge in [0.1, 0.15) is 11.8 Å². The molecule has 1 aromatic carbocycles. The van der Waals surface area contributed by atoms with Crippen LogP contribution >= 0.6 is 11.6 Å². The number of hydrogen-bond donors (Lipinski definition) is 2. The zero-order valence-electron chi connectivity index (χ0n) is 10.9. The van der Waals surface area contributed by atoms with E-state index in [0.29, 0.717) is 23.2 Å². The lowest BCUT2D eigenvalue weighted by Gasteiger charge is -2.18. The van der Waals surface area contributed by atoms with Gasteiger partial charge in [-0.25, -0.2) is 0 Å². The molecule has 100 valence electrons. The van der Waals surface area contributed by atoms with Gasteiger partial charge in [-0.15, -0.1) is 0 Å². The highest BCUT2D eigenvalue weighted by atomic mass is 35.5. The average molecular weight is 271 g/mol. The Kier molecular flexibility index (Phi) is 5.44. The van der Waals surface area contributed by atoms with Gasteiger partial charge in [0.05, 0.1) is 12.1 Å². The lowest BCUT2D eigenvalue weighted by atomic mass is 10.1. The zero-order valence-corrected chi connectivity index (χ0v) is 11.6. The van der Waals surface area contributed by atoms with Gasteiger partial charge in [0.15, 0.2) is 0 Å². The molecule has 0 heterocycles. The number of benzene rings is 1. The van der Waals surface area contributed by atoms with Crippen LogP contribution in [0.5, 0.6) is 5.75 Å². The molecule has 1 atom stereocenters. The molecule has 0 spiro atoms. The topological polar surface area (TPSA) is 64.3 Å². The first-order valence-electron chi connectivity index (χ1n) is 5.81. The van der Waals surface area contributed by atoms with Gasteiger partial charge in [0.25, 0.3) is 0 Å². The van der Waals surface area contributed by atoms with E-state index >= 15 is 0 Å². The number of nitrogens with two attached hydrogens (primary N) is 1. The van der Waals surface area contributed by atoms with Crippen LogP contribution in [0.25, 0.3) is 0 Å². The predicted octanol–water partition coefficient (Wildman–Crippen LogP) is 2.12. The van der Waals surface area contributed by atoms with E-state index in [0.717, 1.165) is 5.56 Å². The first-order chi connectivity index (χ1) is 8.45.